The molecule has 0 radical (unpaired) electrons. The molecule has 1 nitrogen and oxygen atoms in total. The van der Waals surface area contributed by atoms with Crippen LogP contribution in [0.4, 0.5) is 0 Å². The predicted molar refractivity (Wildman–Crippen MR) is 73.3 cm³/mol. The van der Waals surface area contributed by atoms with E-state index in [-0.39, 0.29) is 5.78 Å². The molecule has 1 rings (SSSR count). The van der Waals surface area contributed by atoms with Gasteiger partial charge >= 0.3 is 0 Å². The highest BCUT2D eigenvalue weighted by atomic mass is 28.3. The smallest absolute Gasteiger partial charge is 0.155 e. The van der Waals surface area contributed by atoms with Crippen LogP contribution in [0.15, 0.2) is 35.9 Å². The summed E-state index contributed by atoms with van der Waals surface area (Å²) in [5.74, 6) is 0.200. The van der Waals surface area contributed by atoms with Crippen LogP contribution in [0.1, 0.15) is 12.5 Å². The van der Waals surface area contributed by atoms with E-state index in [1.807, 2.05) is 36.4 Å². The second kappa shape index (κ2) is 5.26. The molecule has 0 bridgehead atoms. The minimum absolute atomic E-state index is 0.200. The zero-order chi connectivity index (χ0) is 12.2. The first-order chi connectivity index (χ1) is 7.38. The molecule has 86 valence electrons. The van der Waals surface area contributed by atoms with Crippen LogP contribution < -0.4 is 0 Å². The van der Waals surface area contributed by atoms with E-state index in [1.165, 1.54) is 0 Å². The third kappa shape index (κ3) is 4.58. The zero-order valence-corrected chi connectivity index (χ0v) is 11.6. The maximum Gasteiger partial charge on any atom is 0.155 e. The number of hydrogen-bond acceptors (Lipinski definition) is 1. The third-order valence-corrected chi connectivity index (χ3v) is 3.76. The van der Waals surface area contributed by atoms with Crippen molar-refractivity contribution < 1.29 is 4.79 Å². The Balaban J connectivity index is 2.95. The molecule has 0 saturated heterocycles. The van der Waals surface area contributed by atoms with Gasteiger partial charge < -0.3 is 0 Å². The first-order valence-electron chi connectivity index (χ1n) is 5.65. The van der Waals surface area contributed by atoms with Gasteiger partial charge in [0.2, 0.25) is 0 Å². The van der Waals surface area contributed by atoms with Gasteiger partial charge in [-0.3, -0.25) is 4.79 Å². The Morgan fingerprint density at radius 3 is 2.19 bits per heavy atom. The van der Waals surface area contributed by atoms with Gasteiger partial charge in [-0.2, -0.15) is 0 Å². The van der Waals surface area contributed by atoms with E-state index in [2.05, 4.69) is 19.6 Å². The molecule has 1 aromatic rings. The topological polar surface area (TPSA) is 17.1 Å². The fourth-order valence-electron chi connectivity index (χ4n) is 1.60. The first kappa shape index (κ1) is 12.9. The average molecular weight is 232 g/mol. The zero-order valence-electron chi connectivity index (χ0n) is 10.6. The molecular weight excluding hydrogens is 212 g/mol. The van der Waals surface area contributed by atoms with Crippen molar-refractivity contribution in [1.82, 2.24) is 0 Å². The van der Waals surface area contributed by atoms with Crippen molar-refractivity contribution >= 4 is 19.9 Å². The lowest BCUT2D eigenvalue weighted by atomic mass is 10.1. The molecule has 0 amide bonds. The second-order valence-electron chi connectivity index (χ2n) is 5.37. The average Bonchev–Trinajstić information content (AvgIpc) is 2.16. The van der Waals surface area contributed by atoms with Crippen molar-refractivity contribution in [2.24, 2.45) is 0 Å². The summed E-state index contributed by atoms with van der Waals surface area (Å²) in [5, 5.41) is 0. The molecule has 0 aliphatic heterocycles. The highest BCUT2D eigenvalue weighted by Gasteiger charge is 2.17. The van der Waals surface area contributed by atoms with E-state index >= 15 is 0 Å². The Morgan fingerprint density at radius 2 is 1.75 bits per heavy atom. The molecule has 0 unspecified atom stereocenters. The largest absolute Gasteiger partial charge is 0.295 e. The van der Waals surface area contributed by atoms with Crippen LogP contribution >= 0.6 is 0 Å². The molecule has 0 spiro atoms. The van der Waals surface area contributed by atoms with Gasteiger partial charge in [0.1, 0.15) is 0 Å². The van der Waals surface area contributed by atoms with E-state index < -0.39 is 8.07 Å². The van der Waals surface area contributed by atoms with Crippen LogP contribution in [-0.2, 0) is 4.79 Å². The second-order valence-corrected chi connectivity index (χ2v) is 10.8. The number of carbonyl (C=O) groups is 1. The molecule has 0 aromatic heterocycles. The van der Waals surface area contributed by atoms with Gasteiger partial charge in [-0.25, -0.2) is 0 Å². The van der Waals surface area contributed by atoms with Gasteiger partial charge in [-0.15, -0.1) is 0 Å². The Labute approximate surface area is 99.2 Å². The Kier molecular flexibility index (Phi) is 4.24. The minimum Gasteiger partial charge on any atom is -0.295 e. The SMILES string of the molecule is CC(=O)/C(=C/c1ccccc1)C[Si](C)(C)C. The van der Waals surface area contributed by atoms with Crippen molar-refractivity contribution in [1.29, 1.82) is 0 Å². The predicted octanol–water partition coefficient (Wildman–Crippen LogP) is 4.00. The van der Waals surface area contributed by atoms with E-state index in [9.17, 15) is 4.79 Å². The fourth-order valence-corrected chi connectivity index (χ4v) is 3.09. The van der Waals surface area contributed by atoms with E-state index in [4.69, 9.17) is 0 Å². The summed E-state index contributed by atoms with van der Waals surface area (Å²) in [6.07, 6.45) is 2.03. The number of carbonyl (C=O) groups excluding carboxylic acids is 1. The summed E-state index contributed by atoms with van der Waals surface area (Å²) < 4.78 is 0. The molecule has 0 saturated carbocycles. The van der Waals surface area contributed by atoms with Crippen molar-refractivity contribution in [3.05, 3.63) is 41.5 Å². The number of allylic oxidation sites excluding steroid dienone is 1. The van der Waals surface area contributed by atoms with E-state index in [0.29, 0.717) is 0 Å². The summed E-state index contributed by atoms with van der Waals surface area (Å²) in [4.78, 5) is 11.6. The molecule has 0 heterocycles. The number of benzene rings is 1. The minimum atomic E-state index is -1.23. The molecular formula is C14H20OSi. The lowest BCUT2D eigenvalue weighted by Gasteiger charge is -2.16. The van der Waals surface area contributed by atoms with Crippen molar-refractivity contribution in [2.75, 3.05) is 0 Å². The molecule has 1 aromatic carbocycles. The molecule has 0 N–H and O–H groups in total. The monoisotopic (exact) mass is 232 g/mol. The summed E-state index contributed by atoms with van der Waals surface area (Å²) in [7, 11) is -1.23. The summed E-state index contributed by atoms with van der Waals surface area (Å²) >= 11 is 0. The normalized spacial score (nSPS) is 12.6. The Morgan fingerprint density at radius 1 is 1.19 bits per heavy atom. The third-order valence-electron chi connectivity index (χ3n) is 2.31. The number of rotatable bonds is 4. The molecule has 0 aliphatic rings. The van der Waals surface area contributed by atoms with Crippen molar-refractivity contribution in [2.45, 2.75) is 32.6 Å². The van der Waals surface area contributed by atoms with Crippen LogP contribution in [0.2, 0.25) is 25.7 Å². The molecule has 16 heavy (non-hydrogen) atoms. The molecule has 2 heteroatoms. The first-order valence-corrected chi connectivity index (χ1v) is 9.36. The van der Waals surface area contributed by atoms with Crippen LogP contribution in [-0.4, -0.2) is 13.9 Å². The maximum absolute atomic E-state index is 11.6. The number of hydrogen-bond donors (Lipinski definition) is 0. The maximum atomic E-state index is 11.6. The summed E-state index contributed by atoms with van der Waals surface area (Å²) in [5.41, 5.74) is 2.08. The van der Waals surface area contributed by atoms with Gasteiger partial charge in [0.25, 0.3) is 0 Å². The molecule has 0 fully saturated rings. The summed E-state index contributed by atoms with van der Waals surface area (Å²) in [6, 6.07) is 11.0. The van der Waals surface area contributed by atoms with Gasteiger partial charge in [-0.05, 0) is 30.2 Å². The van der Waals surface area contributed by atoms with E-state index in [0.717, 1.165) is 17.2 Å². The lowest BCUT2D eigenvalue weighted by molar-refractivity contribution is -0.113. The highest BCUT2D eigenvalue weighted by molar-refractivity contribution is 6.77. The Bertz CT molecular complexity index is 385. The van der Waals surface area contributed by atoms with E-state index in [1.54, 1.807) is 6.92 Å². The van der Waals surface area contributed by atoms with Gasteiger partial charge in [0.15, 0.2) is 5.78 Å². The van der Waals surface area contributed by atoms with Gasteiger partial charge in [-0.1, -0.05) is 50.0 Å². The standard InChI is InChI=1S/C14H20OSi/c1-12(15)14(11-16(2,3)4)10-13-8-6-5-7-9-13/h5-10H,11H2,1-4H3/b14-10+. The summed E-state index contributed by atoms with van der Waals surface area (Å²) in [6.45, 7) is 8.52. The molecule has 0 atom stereocenters. The van der Waals surface area contributed by atoms with Gasteiger partial charge in [0.05, 0.1) is 0 Å². The lowest BCUT2D eigenvalue weighted by Crippen LogP contribution is -2.21. The highest BCUT2D eigenvalue weighted by Crippen LogP contribution is 2.19. The van der Waals surface area contributed by atoms with Crippen LogP contribution in [0.25, 0.3) is 6.08 Å². The van der Waals surface area contributed by atoms with Crippen molar-refractivity contribution in [3.63, 3.8) is 0 Å². The van der Waals surface area contributed by atoms with Crippen LogP contribution in [0.3, 0.4) is 0 Å². The van der Waals surface area contributed by atoms with Gasteiger partial charge in [0, 0.05) is 8.07 Å². The number of ketones is 1. The Hall–Kier alpha value is -1.15. The van der Waals surface area contributed by atoms with Crippen LogP contribution in [0.5, 0.6) is 0 Å². The quantitative estimate of drug-likeness (QED) is 0.566. The number of Topliss-reactive ketones (excluding diaryl/α,β-unsaturated/α-hetero) is 1. The van der Waals surface area contributed by atoms with Crippen molar-refractivity contribution in [3.8, 4) is 0 Å². The fraction of sp³-hybridized carbons (Fsp3) is 0.357. The van der Waals surface area contributed by atoms with Crippen LogP contribution in [0, 0.1) is 0 Å². The molecule has 0 aliphatic carbocycles.